The van der Waals surface area contributed by atoms with Crippen molar-refractivity contribution < 1.29 is 13.2 Å². The maximum Gasteiger partial charge on any atom is 0.209 e. The normalized spacial score (nSPS) is 29.9. The van der Waals surface area contributed by atoms with Gasteiger partial charge >= 0.3 is 0 Å². The van der Waals surface area contributed by atoms with Gasteiger partial charge in [-0.25, -0.2) is 13.1 Å². The molecule has 2 N–H and O–H groups in total. The van der Waals surface area contributed by atoms with Gasteiger partial charge in [-0.2, -0.15) is 0 Å². The monoisotopic (exact) mass is 448 g/mol. The Bertz CT molecular complexity index is 850. The molecular formula is C23H36N2O3SSi. The number of benzene rings is 1. The Morgan fingerprint density at radius 1 is 1.13 bits per heavy atom. The fraction of sp³-hybridized carbons (Fsp3) is 0.652. The zero-order valence-electron chi connectivity index (χ0n) is 18.6. The maximum atomic E-state index is 11.8. The minimum Gasteiger partial charge on any atom is -0.377 e. The highest BCUT2D eigenvalue weighted by Gasteiger charge is 2.35. The average molecular weight is 449 g/mol. The molecule has 5 nitrogen and oxygen atoms in total. The molecule has 166 valence electrons. The van der Waals surface area contributed by atoms with E-state index >= 15 is 0 Å². The van der Waals surface area contributed by atoms with E-state index in [0.29, 0.717) is 18.9 Å². The molecule has 2 aliphatic rings. The summed E-state index contributed by atoms with van der Waals surface area (Å²) in [6.45, 7) is 7.16. The smallest absolute Gasteiger partial charge is 0.209 e. The van der Waals surface area contributed by atoms with Crippen molar-refractivity contribution in [1.29, 1.82) is 0 Å². The van der Waals surface area contributed by atoms with E-state index in [1.165, 1.54) is 11.8 Å². The molecule has 30 heavy (non-hydrogen) atoms. The van der Waals surface area contributed by atoms with Crippen LogP contribution in [-0.2, 0) is 14.8 Å². The van der Waals surface area contributed by atoms with Gasteiger partial charge in [-0.05, 0) is 43.6 Å². The van der Waals surface area contributed by atoms with E-state index in [1.807, 2.05) is 0 Å². The summed E-state index contributed by atoms with van der Waals surface area (Å²) in [5.74, 6) is 3.96. The molecule has 1 aliphatic heterocycles. The summed E-state index contributed by atoms with van der Waals surface area (Å²) in [6.07, 6.45) is 6.53. The molecule has 3 unspecified atom stereocenters. The largest absolute Gasteiger partial charge is 0.377 e. The van der Waals surface area contributed by atoms with E-state index < -0.39 is 18.1 Å². The topological polar surface area (TPSA) is 67.4 Å². The first-order valence-electron chi connectivity index (χ1n) is 11.0. The van der Waals surface area contributed by atoms with Crippen molar-refractivity contribution in [3.05, 3.63) is 35.9 Å². The van der Waals surface area contributed by atoms with Gasteiger partial charge in [0.15, 0.2) is 0 Å². The second kappa shape index (κ2) is 9.97. The Hall–Kier alpha value is -1.17. The molecule has 1 saturated carbocycles. The Balaban J connectivity index is 1.53. The third-order valence-electron chi connectivity index (χ3n) is 5.83. The van der Waals surface area contributed by atoms with E-state index in [4.69, 9.17) is 4.74 Å². The quantitative estimate of drug-likeness (QED) is 0.518. The van der Waals surface area contributed by atoms with Gasteiger partial charge in [-0.3, -0.25) is 5.32 Å². The number of ether oxygens (including phenoxy) is 1. The number of rotatable bonds is 6. The summed E-state index contributed by atoms with van der Waals surface area (Å²) in [5, 5.41) is 3.51. The van der Waals surface area contributed by atoms with Gasteiger partial charge in [0.1, 0.15) is 8.07 Å². The zero-order chi connectivity index (χ0) is 21.8. The van der Waals surface area contributed by atoms with Crippen LogP contribution < -0.4 is 10.0 Å². The predicted octanol–water partition coefficient (Wildman–Crippen LogP) is 3.26. The molecular weight excluding hydrogens is 412 g/mol. The van der Waals surface area contributed by atoms with Gasteiger partial charge in [0, 0.05) is 12.1 Å². The Kier molecular flexibility index (Phi) is 7.80. The van der Waals surface area contributed by atoms with Crippen molar-refractivity contribution >= 4 is 18.1 Å². The molecule has 0 spiro atoms. The van der Waals surface area contributed by atoms with E-state index in [2.05, 4.69) is 71.5 Å². The first-order valence-corrected chi connectivity index (χ1v) is 16.4. The molecule has 2 fully saturated rings. The molecule has 3 atom stereocenters. The Labute approximate surface area is 183 Å². The first-order chi connectivity index (χ1) is 14.1. The number of hydrogen-bond donors (Lipinski definition) is 2. The fourth-order valence-corrected chi connectivity index (χ4v) is 5.78. The summed E-state index contributed by atoms with van der Waals surface area (Å²) >= 11 is 0. The highest BCUT2D eigenvalue weighted by Crippen LogP contribution is 2.34. The van der Waals surface area contributed by atoms with Crippen LogP contribution in [0.2, 0.25) is 19.6 Å². The van der Waals surface area contributed by atoms with Crippen molar-refractivity contribution in [2.24, 2.45) is 0 Å². The minimum atomic E-state index is -3.27. The molecule has 1 aromatic carbocycles. The lowest BCUT2D eigenvalue weighted by atomic mass is 9.83. The van der Waals surface area contributed by atoms with Gasteiger partial charge in [0.25, 0.3) is 0 Å². The maximum absolute atomic E-state index is 11.8. The second-order valence-corrected chi connectivity index (χ2v) is 16.3. The van der Waals surface area contributed by atoms with E-state index in [0.717, 1.165) is 25.7 Å². The molecule has 3 rings (SSSR count). The van der Waals surface area contributed by atoms with Crippen LogP contribution in [0.25, 0.3) is 0 Å². The van der Waals surface area contributed by atoms with Crippen molar-refractivity contribution in [3.8, 4) is 11.5 Å². The molecule has 0 aromatic heterocycles. The van der Waals surface area contributed by atoms with E-state index in [9.17, 15) is 8.42 Å². The van der Waals surface area contributed by atoms with E-state index in [1.54, 1.807) is 0 Å². The number of nitrogens with one attached hydrogen (secondary N) is 2. The van der Waals surface area contributed by atoms with Crippen molar-refractivity contribution in [1.82, 2.24) is 10.0 Å². The van der Waals surface area contributed by atoms with Crippen molar-refractivity contribution in [2.75, 3.05) is 12.9 Å². The van der Waals surface area contributed by atoms with Crippen LogP contribution in [-0.4, -0.2) is 53.6 Å². The van der Waals surface area contributed by atoms with E-state index in [-0.39, 0.29) is 24.2 Å². The Morgan fingerprint density at radius 2 is 1.80 bits per heavy atom. The lowest BCUT2D eigenvalue weighted by Gasteiger charge is -2.30. The lowest BCUT2D eigenvalue weighted by Crippen LogP contribution is -2.46. The highest BCUT2D eigenvalue weighted by molar-refractivity contribution is 7.88. The highest BCUT2D eigenvalue weighted by atomic mass is 32.2. The fourth-order valence-electron chi connectivity index (χ4n) is 4.36. The van der Waals surface area contributed by atoms with Gasteiger partial charge in [0.2, 0.25) is 10.0 Å². The Morgan fingerprint density at radius 3 is 2.40 bits per heavy atom. The van der Waals surface area contributed by atoms with Crippen LogP contribution in [0.4, 0.5) is 0 Å². The molecule has 0 radical (unpaired) electrons. The molecule has 0 amide bonds. The molecule has 7 heteroatoms. The number of hydrogen-bond acceptors (Lipinski definition) is 4. The summed E-state index contributed by atoms with van der Waals surface area (Å²) in [7, 11) is -4.74. The average Bonchev–Trinajstić information content (AvgIpc) is 3.05. The molecule has 1 aromatic rings. The van der Waals surface area contributed by atoms with Gasteiger partial charge < -0.3 is 4.74 Å². The molecule has 1 aliphatic carbocycles. The molecule has 1 saturated heterocycles. The summed E-state index contributed by atoms with van der Waals surface area (Å²) in [5.41, 5.74) is 4.83. The van der Waals surface area contributed by atoms with Crippen LogP contribution in [0.1, 0.15) is 43.6 Å². The zero-order valence-corrected chi connectivity index (χ0v) is 20.5. The van der Waals surface area contributed by atoms with Crippen LogP contribution >= 0.6 is 0 Å². The minimum absolute atomic E-state index is 0.0124. The van der Waals surface area contributed by atoms with Crippen LogP contribution in [0.5, 0.6) is 0 Å². The van der Waals surface area contributed by atoms with Gasteiger partial charge in [0.05, 0.1) is 25.0 Å². The summed E-state index contributed by atoms with van der Waals surface area (Å²) in [4.78, 5) is 0. The lowest BCUT2D eigenvalue weighted by molar-refractivity contribution is 0.0124. The molecule has 1 heterocycles. The second-order valence-electron chi connectivity index (χ2n) is 9.79. The predicted molar refractivity (Wildman–Crippen MR) is 126 cm³/mol. The van der Waals surface area contributed by atoms with Crippen molar-refractivity contribution in [3.63, 3.8) is 0 Å². The van der Waals surface area contributed by atoms with Crippen LogP contribution in [0.3, 0.4) is 0 Å². The van der Waals surface area contributed by atoms with Gasteiger partial charge in [-0.15, -0.1) is 5.54 Å². The third-order valence-corrected chi connectivity index (χ3v) is 7.46. The third kappa shape index (κ3) is 7.51. The number of sulfonamides is 1. The summed E-state index contributed by atoms with van der Waals surface area (Å²) < 4.78 is 32.7. The summed E-state index contributed by atoms with van der Waals surface area (Å²) in [6, 6.07) is 10.5. The SMILES string of the molecule is C[Si](C)(C)C#CC1CC(NS(C)(=O)=O)C(CO[C@H]2CC[C@@H](c3ccccc3)CC2)N1. The van der Waals surface area contributed by atoms with Crippen LogP contribution in [0, 0.1) is 11.5 Å². The molecule has 0 bridgehead atoms. The standard InChI is InChI=1S/C23H36N2O3SSi/c1-29(26,27)25-22-16-20(14-15-30(2,3)4)24-23(22)17-28-21-12-10-19(11-13-21)18-8-6-5-7-9-18/h5-9,19-25H,10-13,16-17H2,1-4H3/t19-,20?,21+,22?,23?. The first kappa shape index (κ1) is 23.5. The van der Waals surface area contributed by atoms with Crippen molar-refractivity contribution in [2.45, 2.75) is 81.9 Å². The van der Waals surface area contributed by atoms with Gasteiger partial charge in [-0.1, -0.05) is 55.9 Å². The van der Waals surface area contributed by atoms with Crippen LogP contribution in [0.15, 0.2) is 30.3 Å².